The highest BCUT2D eigenvalue weighted by atomic mass is 16.6. The van der Waals surface area contributed by atoms with Crippen molar-refractivity contribution < 1.29 is 28.6 Å². The maximum absolute atomic E-state index is 12.6. The fourth-order valence-electron chi connectivity index (χ4n) is 6.80. The first-order valence-electron chi connectivity index (χ1n) is 22.9. The topological polar surface area (TPSA) is 78.9 Å². The van der Waals surface area contributed by atoms with Gasteiger partial charge >= 0.3 is 17.9 Å². The molecule has 0 bridgehead atoms. The molecule has 0 aromatic heterocycles. The Labute approximate surface area is 323 Å². The van der Waals surface area contributed by atoms with E-state index in [1.165, 1.54) is 148 Å². The van der Waals surface area contributed by atoms with Crippen LogP contribution in [0.4, 0.5) is 0 Å². The highest BCUT2D eigenvalue weighted by Crippen LogP contribution is 2.16. The summed E-state index contributed by atoms with van der Waals surface area (Å²) in [5.74, 6) is -0.103. The molecule has 0 N–H and O–H groups in total. The largest absolute Gasteiger partial charge is 0.462 e. The standard InChI is InChI=1S/C46H88O6/c1-5-7-9-11-13-14-15-16-17-18-19-20-21-22-23-25-29-33-37-44(47)50-40-43(52-46(49)39-35-31-24-12-10-8-6-2)41-51-45(48)38-34-30-27-26-28-32-36-42(3)4/h42-43H,5-41H2,1-4H3/t43-/m1/s1. The number of unbranched alkanes of at least 4 members (excludes halogenated alkanes) is 28. The van der Waals surface area contributed by atoms with Crippen molar-refractivity contribution in [3.63, 3.8) is 0 Å². The summed E-state index contributed by atoms with van der Waals surface area (Å²) in [7, 11) is 0. The molecule has 6 heteroatoms. The summed E-state index contributed by atoms with van der Waals surface area (Å²) >= 11 is 0. The number of rotatable bonds is 41. The zero-order valence-electron chi connectivity index (χ0n) is 35.3. The first-order chi connectivity index (χ1) is 25.4. The summed E-state index contributed by atoms with van der Waals surface area (Å²) in [5, 5.41) is 0. The molecule has 52 heavy (non-hydrogen) atoms. The lowest BCUT2D eigenvalue weighted by Gasteiger charge is -2.18. The van der Waals surface area contributed by atoms with Gasteiger partial charge in [-0.15, -0.1) is 0 Å². The molecule has 0 fully saturated rings. The van der Waals surface area contributed by atoms with Crippen molar-refractivity contribution in [2.45, 2.75) is 259 Å². The van der Waals surface area contributed by atoms with Crippen molar-refractivity contribution in [2.24, 2.45) is 5.92 Å². The summed E-state index contributed by atoms with van der Waals surface area (Å²) in [5.41, 5.74) is 0. The Kier molecular flexibility index (Phi) is 39.4. The van der Waals surface area contributed by atoms with Gasteiger partial charge in [0, 0.05) is 19.3 Å². The first kappa shape index (κ1) is 50.4. The van der Waals surface area contributed by atoms with Crippen LogP contribution < -0.4 is 0 Å². The maximum atomic E-state index is 12.6. The molecule has 0 aliphatic rings. The SMILES string of the molecule is CCCCCCCCCCCCCCCCCCCCC(=O)OC[C@H](COC(=O)CCCCCCCCC(C)C)OC(=O)CCCCCCCCC. The fourth-order valence-corrected chi connectivity index (χ4v) is 6.80. The minimum atomic E-state index is -0.758. The van der Waals surface area contributed by atoms with E-state index < -0.39 is 6.10 Å². The molecule has 0 aliphatic heterocycles. The molecule has 0 aromatic rings. The predicted octanol–water partition coefficient (Wildman–Crippen LogP) is 14.3. The van der Waals surface area contributed by atoms with Gasteiger partial charge in [-0.3, -0.25) is 14.4 Å². The molecule has 0 heterocycles. The Bertz CT molecular complexity index is 781. The van der Waals surface area contributed by atoms with Crippen LogP contribution in [0.25, 0.3) is 0 Å². The Balaban J connectivity index is 4.15. The summed E-state index contributed by atoms with van der Waals surface area (Å²) in [6, 6.07) is 0. The lowest BCUT2D eigenvalue weighted by Crippen LogP contribution is -2.30. The summed E-state index contributed by atoms with van der Waals surface area (Å²) in [6.07, 6.45) is 39.8. The number of carbonyl (C=O) groups is 3. The van der Waals surface area contributed by atoms with Gasteiger partial charge < -0.3 is 14.2 Å². The number of hydrogen-bond donors (Lipinski definition) is 0. The fraction of sp³-hybridized carbons (Fsp3) is 0.935. The van der Waals surface area contributed by atoms with Crippen LogP contribution in [0, 0.1) is 5.92 Å². The maximum Gasteiger partial charge on any atom is 0.306 e. The van der Waals surface area contributed by atoms with Crippen molar-refractivity contribution in [1.29, 1.82) is 0 Å². The van der Waals surface area contributed by atoms with Crippen LogP contribution in [0.3, 0.4) is 0 Å². The van der Waals surface area contributed by atoms with E-state index in [4.69, 9.17) is 14.2 Å². The first-order valence-corrected chi connectivity index (χ1v) is 22.9. The highest BCUT2D eigenvalue weighted by Gasteiger charge is 2.19. The molecule has 0 radical (unpaired) electrons. The van der Waals surface area contributed by atoms with Crippen molar-refractivity contribution >= 4 is 17.9 Å². The summed E-state index contributed by atoms with van der Waals surface area (Å²) in [6.45, 7) is 8.89. The average molecular weight is 737 g/mol. The number of hydrogen-bond acceptors (Lipinski definition) is 6. The molecule has 0 aromatic carbocycles. The minimum absolute atomic E-state index is 0.0652. The molecule has 0 saturated heterocycles. The van der Waals surface area contributed by atoms with Crippen LogP contribution in [0.5, 0.6) is 0 Å². The van der Waals surface area contributed by atoms with Crippen molar-refractivity contribution in [3.8, 4) is 0 Å². The monoisotopic (exact) mass is 737 g/mol. The summed E-state index contributed by atoms with van der Waals surface area (Å²) < 4.78 is 16.6. The van der Waals surface area contributed by atoms with Crippen molar-refractivity contribution in [3.05, 3.63) is 0 Å². The quantitative estimate of drug-likeness (QED) is 0.0353. The van der Waals surface area contributed by atoms with Crippen LogP contribution in [0.15, 0.2) is 0 Å². The molecule has 0 rings (SSSR count). The molecular formula is C46H88O6. The third-order valence-corrected chi connectivity index (χ3v) is 10.3. The second kappa shape index (κ2) is 40.6. The molecular weight excluding hydrogens is 649 g/mol. The van der Waals surface area contributed by atoms with Gasteiger partial charge in [0.15, 0.2) is 6.10 Å². The Morgan fingerprint density at radius 3 is 0.942 bits per heavy atom. The van der Waals surface area contributed by atoms with Gasteiger partial charge in [0.25, 0.3) is 0 Å². The van der Waals surface area contributed by atoms with Gasteiger partial charge in [-0.2, -0.15) is 0 Å². The van der Waals surface area contributed by atoms with E-state index in [9.17, 15) is 14.4 Å². The van der Waals surface area contributed by atoms with E-state index in [1.807, 2.05) is 0 Å². The van der Waals surface area contributed by atoms with E-state index in [-0.39, 0.29) is 31.1 Å². The van der Waals surface area contributed by atoms with E-state index in [1.54, 1.807) is 0 Å². The molecule has 0 unspecified atom stereocenters. The van der Waals surface area contributed by atoms with Gasteiger partial charge in [0.1, 0.15) is 13.2 Å². The van der Waals surface area contributed by atoms with Gasteiger partial charge in [-0.25, -0.2) is 0 Å². The Morgan fingerprint density at radius 2 is 0.635 bits per heavy atom. The molecule has 0 amide bonds. The number of ether oxygens (including phenoxy) is 3. The second-order valence-corrected chi connectivity index (χ2v) is 16.2. The van der Waals surface area contributed by atoms with Gasteiger partial charge in [-0.05, 0) is 25.2 Å². The number of carbonyl (C=O) groups excluding carboxylic acids is 3. The molecule has 0 aliphatic carbocycles. The van der Waals surface area contributed by atoms with E-state index in [0.717, 1.165) is 63.7 Å². The van der Waals surface area contributed by atoms with Crippen LogP contribution in [-0.4, -0.2) is 37.2 Å². The van der Waals surface area contributed by atoms with E-state index in [0.29, 0.717) is 19.3 Å². The molecule has 6 nitrogen and oxygen atoms in total. The predicted molar refractivity (Wildman–Crippen MR) is 220 cm³/mol. The smallest absolute Gasteiger partial charge is 0.306 e. The van der Waals surface area contributed by atoms with E-state index >= 15 is 0 Å². The van der Waals surface area contributed by atoms with E-state index in [2.05, 4.69) is 27.7 Å². The molecule has 308 valence electrons. The third-order valence-electron chi connectivity index (χ3n) is 10.3. The van der Waals surface area contributed by atoms with Crippen LogP contribution in [-0.2, 0) is 28.6 Å². The molecule has 0 spiro atoms. The van der Waals surface area contributed by atoms with Crippen LogP contribution >= 0.6 is 0 Å². The average Bonchev–Trinajstić information content (AvgIpc) is 3.12. The Morgan fingerprint density at radius 1 is 0.365 bits per heavy atom. The van der Waals surface area contributed by atoms with Crippen molar-refractivity contribution in [1.82, 2.24) is 0 Å². The van der Waals surface area contributed by atoms with Gasteiger partial charge in [0.2, 0.25) is 0 Å². The molecule has 0 saturated carbocycles. The number of esters is 3. The van der Waals surface area contributed by atoms with Crippen LogP contribution in [0.1, 0.15) is 252 Å². The third kappa shape index (κ3) is 39.6. The molecule has 1 atom stereocenters. The highest BCUT2D eigenvalue weighted by molar-refractivity contribution is 5.71. The normalized spacial score (nSPS) is 11.9. The zero-order valence-corrected chi connectivity index (χ0v) is 35.3. The second-order valence-electron chi connectivity index (χ2n) is 16.2. The van der Waals surface area contributed by atoms with Gasteiger partial charge in [0.05, 0.1) is 0 Å². The zero-order chi connectivity index (χ0) is 38.2. The van der Waals surface area contributed by atoms with Crippen LogP contribution in [0.2, 0.25) is 0 Å². The lowest BCUT2D eigenvalue weighted by atomic mass is 10.0. The lowest BCUT2D eigenvalue weighted by molar-refractivity contribution is -0.167. The minimum Gasteiger partial charge on any atom is -0.462 e. The van der Waals surface area contributed by atoms with Gasteiger partial charge in [-0.1, -0.05) is 214 Å². The van der Waals surface area contributed by atoms with Crippen molar-refractivity contribution in [2.75, 3.05) is 13.2 Å². The summed E-state index contributed by atoms with van der Waals surface area (Å²) in [4.78, 5) is 37.5. The Hall–Kier alpha value is -1.59.